The number of benzene rings is 1. The molecule has 3 heterocycles. The summed E-state index contributed by atoms with van der Waals surface area (Å²) in [6.45, 7) is 2.09. The Hall–Kier alpha value is -2.04. The number of hydrogen-bond acceptors (Lipinski definition) is 3. The lowest BCUT2D eigenvalue weighted by molar-refractivity contribution is 0.463. The third-order valence-electron chi connectivity index (χ3n) is 4.68. The molecule has 3 aromatic rings. The molecule has 1 aromatic carbocycles. The summed E-state index contributed by atoms with van der Waals surface area (Å²) in [7, 11) is 0. The van der Waals surface area contributed by atoms with Gasteiger partial charge in [0.15, 0.2) is 0 Å². The van der Waals surface area contributed by atoms with Gasteiger partial charge in [-0.25, -0.2) is 0 Å². The lowest BCUT2D eigenvalue weighted by Crippen LogP contribution is -2.27. The van der Waals surface area contributed by atoms with Crippen LogP contribution in [0.2, 0.25) is 5.02 Å². The molecule has 23 heavy (non-hydrogen) atoms. The van der Waals surface area contributed by atoms with E-state index in [1.54, 1.807) is 0 Å². The molecule has 2 aromatic heterocycles. The number of nitrogen functional groups attached to an aromatic ring is 1. The molecule has 0 aliphatic carbocycles. The van der Waals surface area contributed by atoms with Crippen molar-refractivity contribution in [2.75, 3.05) is 18.8 Å². The molecule has 1 fully saturated rings. The standard InChI is InChI=1S/C18H19ClN4/c19-13-1-3-14(4-2-13)23-16-11-22-10-7-15(16)17(18(23)20)12-5-8-21-9-6-12/h1-4,7,10-12,21H,5-6,8-9,20H2. The van der Waals surface area contributed by atoms with Gasteiger partial charge >= 0.3 is 0 Å². The second-order valence-electron chi connectivity index (χ2n) is 6.03. The molecule has 1 aliphatic heterocycles. The zero-order chi connectivity index (χ0) is 15.8. The van der Waals surface area contributed by atoms with Crippen LogP contribution in [0, 0.1) is 0 Å². The Balaban J connectivity index is 1.94. The molecule has 4 nitrogen and oxygen atoms in total. The van der Waals surface area contributed by atoms with Crippen molar-refractivity contribution in [3.8, 4) is 5.69 Å². The number of fused-ring (bicyclic) bond motifs is 1. The van der Waals surface area contributed by atoms with Crippen molar-refractivity contribution in [2.24, 2.45) is 0 Å². The van der Waals surface area contributed by atoms with Crippen LogP contribution in [0.15, 0.2) is 42.7 Å². The van der Waals surface area contributed by atoms with Gasteiger partial charge in [-0.1, -0.05) is 11.6 Å². The SMILES string of the molecule is Nc1c(C2CCNCC2)c2ccncc2n1-c1ccc(Cl)cc1. The molecule has 0 saturated carbocycles. The van der Waals surface area contributed by atoms with Crippen LogP contribution in [0.5, 0.6) is 0 Å². The molecule has 3 N–H and O–H groups in total. The molecule has 1 aliphatic rings. The number of nitrogens with two attached hydrogens (primary N) is 1. The fourth-order valence-corrected chi connectivity index (χ4v) is 3.71. The quantitative estimate of drug-likeness (QED) is 0.754. The summed E-state index contributed by atoms with van der Waals surface area (Å²) in [6, 6.07) is 9.86. The predicted octanol–water partition coefficient (Wildman–Crippen LogP) is 3.73. The fraction of sp³-hybridized carbons (Fsp3) is 0.278. The molecule has 0 bridgehead atoms. The Morgan fingerprint density at radius 1 is 1.13 bits per heavy atom. The Kier molecular flexibility index (Phi) is 3.71. The van der Waals surface area contributed by atoms with Crippen LogP contribution in [0.3, 0.4) is 0 Å². The molecule has 1 saturated heterocycles. The first kappa shape index (κ1) is 14.5. The zero-order valence-electron chi connectivity index (χ0n) is 12.8. The lowest BCUT2D eigenvalue weighted by Gasteiger charge is -2.23. The third-order valence-corrected chi connectivity index (χ3v) is 4.93. The lowest BCUT2D eigenvalue weighted by atomic mass is 9.89. The third kappa shape index (κ3) is 2.48. The molecule has 4 rings (SSSR count). The number of pyridine rings is 1. The topological polar surface area (TPSA) is 55.9 Å². The van der Waals surface area contributed by atoms with Crippen molar-refractivity contribution in [2.45, 2.75) is 18.8 Å². The Morgan fingerprint density at radius 2 is 1.87 bits per heavy atom. The molecule has 118 valence electrons. The number of nitrogens with zero attached hydrogens (tertiary/aromatic N) is 2. The number of aromatic nitrogens is 2. The maximum absolute atomic E-state index is 6.60. The molecule has 0 spiro atoms. The molecule has 5 heteroatoms. The first-order valence-corrected chi connectivity index (χ1v) is 8.34. The van der Waals surface area contributed by atoms with Gasteiger partial charge in [-0.3, -0.25) is 9.55 Å². The fourth-order valence-electron chi connectivity index (χ4n) is 3.59. The highest BCUT2D eigenvalue weighted by Crippen LogP contribution is 2.39. The van der Waals surface area contributed by atoms with Gasteiger partial charge in [-0.2, -0.15) is 0 Å². The number of nitrogens with one attached hydrogen (secondary N) is 1. The minimum atomic E-state index is 0.495. The monoisotopic (exact) mass is 326 g/mol. The minimum absolute atomic E-state index is 0.495. The van der Waals surface area contributed by atoms with Gasteiger partial charge in [-0.05, 0) is 62.2 Å². The summed E-state index contributed by atoms with van der Waals surface area (Å²) >= 11 is 6.02. The minimum Gasteiger partial charge on any atom is -0.385 e. The number of anilines is 1. The van der Waals surface area contributed by atoms with Crippen molar-refractivity contribution in [3.63, 3.8) is 0 Å². The highest BCUT2D eigenvalue weighted by molar-refractivity contribution is 6.30. The molecular weight excluding hydrogens is 308 g/mol. The maximum atomic E-state index is 6.60. The van der Waals surface area contributed by atoms with Gasteiger partial charge in [0.25, 0.3) is 0 Å². The van der Waals surface area contributed by atoms with E-state index in [9.17, 15) is 0 Å². The van der Waals surface area contributed by atoms with Crippen LogP contribution in [0.25, 0.3) is 16.6 Å². The van der Waals surface area contributed by atoms with Gasteiger partial charge in [0, 0.05) is 27.9 Å². The zero-order valence-corrected chi connectivity index (χ0v) is 13.6. The van der Waals surface area contributed by atoms with Crippen LogP contribution in [-0.4, -0.2) is 22.6 Å². The average molecular weight is 327 g/mol. The smallest absolute Gasteiger partial charge is 0.112 e. The van der Waals surface area contributed by atoms with Gasteiger partial charge in [-0.15, -0.1) is 0 Å². The maximum Gasteiger partial charge on any atom is 0.112 e. The van der Waals surface area contributed by atoms with Crippen molar-refractivity contribution >= 4 is 28.3 Å². The van der Waals surface area contributed by atoms with Crippen molar-refractivity contribution in [3.05, 3.63) is 53.3 Å². The van der Waals surface area contributed by atoms with Crippen LogP contribution >= 0.6 is 11.6 Å². The van der Waals surface area contributed by atoms with Crippen LogP contribution in [0.4, 0.5) is 5.82 Å². The first-order valence-electron chi connectivity index (χ1n) is 7.96. The van der Waals surface area contributed by atoms with Crippen molar-refractivity contribution in [1.82, 2.24) is 14.9 Å². The summed E-state index contributed by atoms with van der Waals surface area (Å²) in [5.74, 6) is 1.32. The van der Waals surface area contributed by atoms with E-state index in [-0.39, 0.29) is 0 Å². The van der Waals surface area contributed by atoms with Crippen LogP contribution < -0.4 is 11.1 Å². The molecule has 0 radical (unpaired) electrons. The van der Waals surface area contributed by atoms with E-state index in [4.69, 9.17) is 17.3 Å². The Labute approximate surface area is 140 Å². The summed E-state index contributed by atoms with van der Waals surface area (Å²) < 4.78 is 2.09. The summed E-state index contributed by atoms with van der Waals surface area (Å²) in [5, 5.41) is 5.35. The highest BCUT2D eigenvalue weighted by Gasteiger charge is 2.24. The van der Waals surface area contributed by atoms with Crippen molar-refractivity contribution < 1.29 is 0 Å². The van der Waals surface area contributed by atoms with Gasteiger partial charge in [0.05, 0.1) is 11.7 Å². The summed E-state index contributed by atoms with van der Waals surface area (Å²) in [4.78, 5) is 4.30. The Morgan fingerprint density at radius 3 is 2.61 bits per heavy atom. The first-order chi connectivity index (χ1) is 11.3. The van der Waals surface area contributed by atoms with E-state index >= 15 is 0 Å². The van der Waals surface area contributed by atoms with E-state index in [1.165, 1.54) is 10.9 Å². The van der Waals surface area contributed by atoms with Crippen molar-refractivity contribution in [1.29, 1.82) is 0 Å². The van der Waals surface area contributed by atoms with E-state index < -0.39 is 0 Å². The van der Waals surface area contributed by atoms with Gasteiger partial charge in [0.1, 0.15) is 5.82 Å². The predicted molar refractivity (Wildman–Crippen MR) is 95.3 cm³/mol. The van der Waals surface area contributed by atoms with E-state index in [0.717, 1.165) is 48.0 Å². The van der Waals surface area contributed by atoms with Crippen LogP contribution in [-0.2, 0) is 0 Å². The molecular formula is C18H19ClN4. The largest absolute Gasteiger partial charge is 0.385 e. The number of halogens is 1. The number of rotatable bonds is 2. The van der Waals surface area contributed by atoms with Crippen LogP contribution in [0.1, 0.15) is 24.3 Å². The van der Waals surface area contributed by atoms with Gasteiger partial charge < -0.3 is 11.1 Å². The summed E-state index contributed by atoms with van der Waals surface area (Å²) in [5.41, 5.74) is 9.94. The van der Waals surface area contributed by atoms with E-state index in [0.29, 0.717) is 5.92 Å². The summed E-state index contributed by atoms with van der Waals surface area (Å²) in [6.07, 6.45) is 5.97. The second kappa shape index (κ2) is 5.87. The normalized spacial score (nSPS) is 16.0. The second-order valence-corrected chi connectivity index (χ2v) is 6.46. The average Bonchev–Trinajstić information content (AvgIpc) is 2.88. The highest BCUT2D eigenvalue weighted by atomic mass is 35.5. The Bertz CT molecular complexity index is 832. The van der Waals surface area contributed by atoms with E-state index in [2.05, 4.69) is 20.9 Å². The number of hydrogen-bond donors (Lipinski definition) is 2. The van der Waals surface area contributed by atoms with Gasteiger partial charge in [0.2, 0.25) is 0 Å². The number of piperidine rings is 1. The van der Waals surface area contributed by atoms with E-state index in [1.807, 2.05) is 36.7 Å². The molecule has 0 unspecified atom stereocenters. The molecule has 0 amide bonds. The molecule has 0 atom stereocenters.